The molecule has 0 fully saturated rings. The molecule has 0 aliphatic rings. The summed E-state index contributed by atoms with van der Waals surface area (Å²) in [5.41, 5.74) is 1.32. The first-order chi connectivity index (χ1) is 10.3. The van der Waals surface area contributed by atoms with Gasteiger partial charge in [-0.2, -0.15) is 0 Å². The van der Waals surface area contributed by atoms with E-state index >= 15 is 0 Å². The number of rotatable bonds is 5. The fourth-order valence-electron chi connectivity index (χ4n) is 1.79. The molecule has 118 valence electrons. The zero-order valence-corrected chi connectivity index (χ0v) is 14.3. The maximum atomic E-state index is 12.2. The van der Waals surface area contributed by atoms with Gasteiger partial charge in [-0.15, -0.1) is 11.3 Å². The smallest absolute Gasteiger partial charge is 0.271 e. The van der Waals surface area contributed by atoms with Gasteiger partial charge in [0.15, 0.2) is 0 Å². The van der Waals surface area contributed by atoms with Gasteiger partial charge >= 0.3 is 0 Å². The van der Waals surface area contributed by atoms with Crippen LogP contribution in [0.2, 0.25) is 0 Å². The third-order valence-electron chi connectivity index (χ3n) is 3.04. The standard InChI is InChI=1S/C15H18N2O3S2/c1-11-4-9-15(21-11)22(19,20)16-13-7-5-12(6-8-13)10-14(18)17(2)3/h4-9,16H,10H2,1-3H3. The molecule has 0 unspecified atom stereocenters. The molecule has 0 aliphatic carbocycles. The SMILES string of the molecule is Cc1ccc(S(=O)(=O)Nc2ccc(CC(=O)N(C)C)cc2)s1. The Morgan fingerprint density at radius 1 is 1.14 bits per heavy atom. The summed E-state index contributed by atoms with van der Waals surface area (Å²) in [5, 5.41) is 0. The molecule has 1 amide bonds. The van der Waals surface area contributed by atoms with E-state index in [1.54, 1.807) is 50.5 Å². The van der Waals surface area contributed by atoms with E-state index in [1.165, 1.54) is 16.2 Å². The van der Waals surface area contributed by atoms with E-state index in [9.17, 15) is 13.2 Å². The zero-order valence-electron chi connectivity index (χ0n) is 12.7. The fourth-order valence-corrected chi connectivity index (χ4v) is 4.13. The normalized spacial score (nSPS) is 11.2. The lowest BCUT2D eigenvalue weighted by atomic mass is 10.1. The number of anilines is 1. The number of hydrogen-bond acceptors (Lipinski definition) is 4. The summed E-state index contributed by atoms with van der Waals surface area (Å²) in [6.45, 7) is 1.86. The lowest BCUT2D eigenvalue weighted by Crippen LogP contribution is -2.23. The van der Waals surface area contributed by atoms with Crippen LogP contribution in [0.4, 0.5) is 5.69 Å². The highest BCUT2D eigenvalue weighted by molar-refractivity contribution is 7.94. The van der Waals surface area contributed by atoms with Crippen molar-refractivity contribution >= 4 is 33.0 Å². The number of benzene rings is 1. The number of likely N-dealkylation sites (N-methyl/N-ethyl adjacent to an activating group) is 1. The Labute approximate surface area is 134 Å². The van der Waals surface area contributed by atoms with Crippen LogP contribution in [0.5, 0.6) is 0 Å². The predicted octanol–water partition coefficient (Wildman–Crippen LogP) is 2.49. The molecule has 5 nitrogen and oxygen atoms in total. The lowest BCUT2D eigenvalue weighted by molar-refractivity contribution is -0.127. The number of thiophene rings is 1. The summed E-state index contributed by atoms with van der Waals surface area (Å²) in [6.07, 6.45) is 0.296. The van der Waals surface area contributed by atoms with Crippen molar-refractivity contribution in [2.24, 2.45) is 0 Å². The molecule has 0 spiro atoms. The van der Waals surface area contributed by atoms with Gasteiger partial charge in [0, 0.05) is 24.7 Å². The van der Waals surface area contributed by atoms with E-state index in [-0.39, 0.29) is 10.1 Å². The van der Waals surface area contributed by atoms with Crippen LogP contribution in [-0.2, 0) is 21.2 Å². The van der Waals surface area contributed by atoms with Gasteiger partial charge in [0.05, 0.1) is 6.42 Å². The number of amides is 1. The topological polar surface area (TPSA) is 66.5 Å². The van der Waals surface area contributed by atoms with Crippen LogP contribution in [0.3, 0.4) is 0 Å². The van der Waals surface area contributed by atoms with Gasteiger partial charge in [-0.25, -0.2) is 8.42 Å². The molecule has 1 aromatic heterocycles. The number of hydrogen-bond donors (Lipinski definition) is 1. The number of nitrogens with one attached hydrogen (secondary N) is 1. The minimum Gasteiger partial charge on any atom is -0.349 e. The number of nitrogens with zero attached hydrogens (tertiary/aromatic N) is 1. The van der Waals surface area contributed by atoms with Crippen molar-refractivity contribution in [3.63, 3.8) is 0 Å². The number of aryl methyl sites for hydroxylation is 1. The van der Waals surface area contributed by atoms with Gasteiger partial charge in [-0.3, -0.25) is 9.52 Å². The molecule has 2 rings (SSSR count). The van der Waals surface area contributed by atoms with Crippen molar-refractivity contribution in [2.45, 2.75) is 17.6 Å². The molecule has 1 N–H and O–H groups in total. The van der Waals surface area contributed by atoms with E-state index < -0.39 is 10.0 Å². The van der Waals surface area contributed by atoms with E-state index in [0.717, 1.165) is 10.4 Å². The highest BCUT2D eigenvalue weighted by Gasteiger charge is 2.16. The Bertz CT molecular complexity index is 762. The molecule has 0 bridgehead atoms. The van der Waals surface area contributed by atoms with Gasteiger partial charge in [-0.05, 0) is 36.8 Å². The maximum absolute atomic E-state index is 12.2. The highest BCUT2D eigenvalue weighted by Crippen LogP contribution is 2.23. The lowest BCUT2D eigenvalue weighted by Gasteiger charge is -2.11. The number of sulfonamides is 1. The summed E-state index contributed by atoms with van der Waals surface area (Å²) in [5.74, 6) is 0.00221. The molecule has 0 atom stereocenters. The molecule has 1 heterocycles. The van der Waals surface area contributed by atoms with Crippen molar-refractivity contribution in [2.75, 3.05) is 18.8 Å². The first-order valence-electron chi connectivity index (χ1n) is 6.66. The largest absolute Gasteiger partial charge is 0.349 e. The summed E-state index contributed by atoms with van der Waals surface area (Å²) in [7, 11) is -0.144. The maximum Gasteiger partial charge on any atom is 0.271 e. The second-order valence-electron chi connectivity index (χ2n) is 5.13. The predicted molar refractivity (Wildman–Crippen MR) is 88.7 cm³/mol. The molecular formula is C15H18N2O3S2. The van der Waals surface area contributed by atoms with Gasteiger partial charge < -0.3 is 4.90 Å². The van der Waals surface area contributed by atoms with E-state index in [0.29, 0.717) is 12.1 Å². The minimum atomic E-state index is -3.55. The molecule has 2 aromatic rings. The van der Waals surface area contributed by atoms with Crippen LogP contribution < -0.4 is 4.72 Å². The first-order valence-corrected chi connectivity index (χ1v) is 8.96. The van der Waals surface area contributed by atoms with Crippen molar-refractivity contribution in [3.05, 3.63) is 46.8 Å². The van der Waals surface area contributed by atoms with E-state index in [2.05, 4.69) is 4.72 Å². The molecule has 7 heteroatoms. The Hall–Kier alpha value is -1.86. The average Bonchev–Trinajstić information content (AvgIpc) is 2.88. The molecule has 22 heavy (non-hydrogen) atoms. The van der Waals surface area contributed by atoms with Crippen molar-refractivity contribution in [1.82, 2.24) is 4.90 Å². The Morgan fingerprint density at radius 2 is 1.77 bits per heavy atom. The van der Waals surface area contributed by atoms with Crippen molar-refractivity contribution < 1.29 is 13.2 Å². The summed E-state index contributed by atoms with van der Waals surface area (Å²) in [6, 6.07) is 10.2. The van der Waals surface area contributed by atoms with Crippen LogP contribution in [0.1, 0.15) is 10.4 Å². The summed E-state index contributed by atoms with van der Waals surface area (Å²) >= 11 is 1.23. The van der Waals surface area contributed by atoms with Gasteiger partial charge in [0.1, 0.15) is 4.21 Å². The second-order valence-corrected chi connectivity index (χ2v) is 8.33. The van der Waals surface area contributed by atoms with Crippen molar-refractivity contribution in [3.8, 4) is 0 Å². The van der Waals surface area contributed by atoms with Gasteiger partial charge in [0.25, 0.3) is 10.0 Å². The highest BCUT2D eigenvalue weighted by atomic mass is 32.2. The Morgan fingerprint density at radius 3 is 2.27 bits per heavy atom. The molecule has 0 aliphatic heterocycles. The van der Waals surface area contributed by atoms with Gasteiger partial charge in [-0.1, -0.05) is 12.1 Å². The average molecular weight is 338 g/mol. The summed E-state index contributed by atoms with van der Waals surface area (Å²) in [4.78, 5) is 14.1. The first kappa shape index (κ1) is 16.5. The molecule has 0 saturated heterocycles. The third-order valence-corrected chi connectivity index (χ3v) is 5.91. The second kappa shape index (κ2) is 6.50. The Kier molecular flexibility index (Phi) is 4.87. The minimum absolute atomic E-state index is 0.00221. The van der Waals surface area contributed by atoms with Crippen LogP contribution in [-0.4, -0.2) is 33.3 Å². The quantitative estimate of drug-likeness (QED) is 0.911. The molecule has 0 saturated carbocycles. The van der Waals surface area contributed by atoms with E-state index in [4.69, 9.17) is 0 Å². The van der Waals surface area contributed by atoms with Gasteiger partial charge in [0.2, 0.25) is 5.91 Å². The number of carbonyl (C=O) groups excluding carboxylic acids is 1. The fraction of sp³-hybridized carbons (Fsp3) is 0.267. The molecular weight excluding hydrogens is 320 g/mol. The Balaban J connectivity index is 2.10. The van der Waals surface area contributed by atoms with Crippen molar-refractivity contribution in [1.29, 1.82) is 0 Å². The third kappa shape index (κ3) is 4.08. The van der Waals surface area contributed by atoms with E-state index in [1.807, 2.05) is 6.92 Å². The summed E-state index contributed by atoms with van der Waals surface area (Å²) < 4.78 is 27.2. The zero-order chi connectivity index (χ0) is 16.3. The van der Waals surface area contributed by atoms with Crippen LogP contribution in [0.25, 0.3) is 0 Å². The molecule has 1 aromatic carbocycles. The van der Waals surface area contributed by atoms with Crippen LogP contribution in [0, 0.1) is 6.92 Å². The number of carbonyl (C=O) groups is 1. The van der Waals surface area contributed by atoms with Crippen LogP contribution >= 0.6 is 11.3 Å². The molecule has 0 radical (unpaired) electrons. The van der Waals surface area contributed by atoms with Crippen LogP contribution in [0.15, 0.2) is 40.6 Å². The monoisotopic (exact) mass is 338 g/mol.